The van der Waals surface area contributed by atoms with Gasteiger partial charge in [0.25, 0.3) is 0 Å². The van der Waals surface area contributed by atoms with Crippen LogP contribution in [0.4, 0.5) is 26.3 Å². The number of amides is 1. The summed E-state index contributed by atoms with van der Waals surface area (Å²) in [5.41, 5.74) is -1.96. The summed E-state index contributed by atoms with van der Waals surface area (Å²) in [5.74, 6) is 0.155. The summed E-state index contributed by atoms with van der Waals surface area (Å²) < 4.78 is 82.2. The number of nitrogens with zero attached hydrogens (tertiary/aromatic N) is 1. The minimum Gasteiger partial charge on any atom is -0.493 e. The Balaban J connectivity index is 1.37. The molecule has 1 heterocycles. The molecule has 1 aliphatic heterocycles. The second-order valence-corrected chi connectivity index (χ2v) is 8.39. The van der Waals surface area contributed by atoms with E-state index < -0.39 is 28.9 Å². The van der Waals surface area contributed by atoms with E-state index in [4.69, 9.17) is 4.74 Å². The number of carbonyl (C=O) groups is 1. The summed E-state index contributed by atoms with van der Waals surface area (Å²) in [6, 6.07) is 9.12. The number of halogens is 6. The van der Waals surface area contributed by atoms with Crippen molar-refractivity contribution in [1.82, 2.24) is 4.90 Å². The minimum atomic E-state index is -4.44. The zero-order valence-electron chi connectivity index (χ0n) is 17.4. The molecule has 2 aromatic rings. The number of hydrogen-bond acceptors (Lipinski definition) is 2. The third-order valence-electron chi connectivity index (χ3n) is 6.19. The van der Waals surface area contributed by atoms with Gasteiger partial charge in [-0.3, -0.25) is 4.79 Å². The van der Waals surface area contributed by atoms with Gasteiger partial charge in [0.1, 0.15) is 5.75 Å². The van der Waals surface area contributed by atoms with Crippen molar-refractivity contribution < 1.29 is 35.9 Å². The summed E-state index contributed by atoms with van der Waals surface area (Å²) in [7, 11) is 0. The van der Waals surface area contributed by atoms with E-state index in [1.54, 1.807) is 11.0 Å². The van der Waals surface area contributed by atoms with Crippen molar-refractivity contribution in [3.05, 3.63) is 77.4 Å². The fourth-order valence-electron chi connectivity index (χ4n) is 4.20. The lowest BCUT2D eigenvalue weighted by molar-refractivity contribution is -0.138. The molecular weight excluding hydrogens is 448 g/mol. The summed E-state index contributed by atoms with van der Waals surface area (Å²) in [6.45, 7) is 1.14. The van der Waals surface area contributed by atoms with Gasteiger partial charge >= 0.3 is 12.4 Å². The molecule has 3 nitrogen and oxygen atoms in total. The highest BCUT2D eigenvalue weighted by Crippen LogP contribution is 2.41. The van der Waals surface area contributed by atoms with Crippen molar-refractivity contribution in [2.45, 2.75) is 30.6 Å². The van der Waals surface area contributed by atoms with Crippen LogP contribution in [-0.2, 0) is 22.6 Å². The van der Waals surface area contributed by atoms with Crippen molar-refractivity contribution >= 4 is 5.91 Å². The molecule has 2 aliphatic rings. The van der Waals surface area contributed by atoms with Gasteiger partial charge in [0.05, 0.1) is 23.1 Å². The van der Waals surface area contributed by atoms with Crippen molar-refractivity contribution in [1.29, 1.82) is 0 Å². The number of hydrogen-bond donors (Lipinski definition) is 0. The highest BCUT2D eigenvalue weighted by molar-refractivity contribution is 5.92. The van der Waals surface area contributed by atoms with Crippen LogP contribution in [0.15, 0.2) is 60.7 Å². The summed E-state index contributed by atoms with van der Waals surface area (Å²) in [4.78, 5) is 15.0. The summed E-state index contributed by atoms with van der Waals surface area (Å²) >= 11 is 0. The van der Waals surface area contributed by atoms with Crippen LogP contribution in [-0.4, -0.2) is 30.5 Å². The lowest BCUT2D eigenvalue weighted by atomic mass is 9.69. The van der Waals surface area contributed by atoms with Crippen molar-refractivity contribution in [2.24, 2.45) is 5.92 Å². The lowest BCUT2D eigenvalue weighted by Gasteiger charge is -2.38. The average Bonchev–Trinajstić information content (AvgIpc) is 3.20. The Morgan fingerprint density at radius 1 is 0.939 bits per heavy atom. The first-order chi connectivity index (χ1) is 15.5. The third-order valence-corrected chi connectivity index (χ3v) is 6.19. The van der Waals surface area contributed by atoms with Gasteiger partial charge in [0.2, 0.25) is 5.91 Å². The lowest BCUT2D eigenvalue weighted by Crippen LogP contribution is -2.47. The van der Waals surface area contributed by atoms with E-state index in [2.05, 4.69) is 0 Å². The third kappa shape index (κ3) is 4.72. The van der Waals surface area contributed by atoms with E-state index in [0.29, 0.717) is 37.2 Å². The van der Waals surface area contributed by atoms with E-state index in [1.165, 1.54) is 24.3 Å². The maximum Gasteiger partial charge on any atom is 0.416 e. The van der Waals surface area contributed by atoms with Gasteiger partial charge in [0, 0.05) is 19.0 Å². The molecule has 0 aromatic heterocycles. The Kier molecular flexibility index (Phi) is 5.92. The van der Waals surface area contributed by atoms with Crippen LogP contribution in [0.5, 0.6) is 5.75 Å². The maximum atomic E-state index is 13.3. The fraction of sp³-hybridized carbons (Fsp3) is 0.375. The van der Waals surface area contributed by atoms with E-state index in [-0.39, 0.29) is 18.4 Å². The minimum absolute atomic E-state index is 0.00459. The van der Waals surface area contributed by atoms with Crippen molar-refractivity contribution in [3.8, 4) is 5.75 Å². The molecule has 1 amide bonds. The molecule has 1 saturated heterocycles. The first-order valence-electron chi connectivity index (χ1n) is 10.4. The van der Waals surface area contributed by atoms with Gasteiger partial charge in [-0.15, -0.1) is 0 Å². The van der Waals surface area contributed by atoms with Crippen LogP contribution >= 0.6 is 0 Å². The molecule has 0 N–H and O–H groups in total. The van der Waals surface area contributed by atoms with E-state index in [1.807, 2.05) is 6.08 Å². The van der Waals surface area contributed by atoms with Gasteiger partial charge in [-0.25, -0.2) is 0 Å². The molecule has 2 aromatic carbocycles. The van der Waals surface area contributed by atoms with Gasteiger partial charge in [-0.2, -0.15) is 26.3 Å². The summed E-state index contributed by atoms with van der Waals surface area (Å²) in [6.07, 6.45) is -4.23. The Morgan fingerprint density at radius 2 is 1.48 bits per heavy atom. The monoisotopic (exact) mass is 469 g/mol. The van der Waals surface area contributed by atoms with Crippen LogP contribution in [0, 0.1) is 5.92 Å². The zero-order valence-corrected chi connectivity index (χ0v) is 17.4. The molecule has 0 spiro atoms. The van der Waals surface area contributed by atoms with Crippen LogP contribution in [0.25, 0.3) is 0 Å². The number of carbonyl (C=O) groups excluding carboxylic acids is 1. The fourth-order valence-corrected chi connectivity index (χ4v) is 4.20. The van der Waals surface area contributed by atoms with Gasteiger partial charge in [-0.1, -0.05) is 24.3 Å². The van der Waals surface area contributed by atoms with Crippen LogP contribution in [0.2, 0.25) is 0 Å². The molecule has 1 fully saturated rings. The Morgan fingerprint density at radius 3 is 1.97 bits per heavy atom. The van der Waals surface area contributed by atoms with Crippen LogP contribution < -0.4 is 4.74 Å². The molecule has 1 aliphatic carbocycles. The van der Waals surface area contributed by atoms with Gasteiger partial charge < -0.3 is 9.64 Å². The second-order valence-electron chi connectivity index (χ2n) is 8.39. The molecule has 1 unspecified atom stereocenters. The first kappa shape index (κ1) is 23.2. The highest BCUT2D eigenvalue weighted by Gasteiger charge is 2.45. The molecule has 9 heteroatoms. The predicted octanol–water partition coefficient (Wildman–Crippen LogP) is 5.85. The molecule has 2 atom stereocenters. The molecular formula is C24H21F6NO2. The number of ether oxygens (including phenoxy) is 1. The second kappa shape index (κ2) is 8.43. The average molecular weight is 469 g/mol. The molecule has 33 heavy (non-hydrogen) atoms. The maximum absolute atomic E-state index is 13.3. The van der Waals surface area contributed by atoms with Crippen molar-refractivity contribution in [2.75, 3.05) is 19.7 Å². The number of rotatable bonds is 5. The number of benzene rings is 2. The van der Waals surface area contributed by atoms with Crippen molar-refractivity contribution in [3.63, 3.8) is 0 Å². The summed E-state index contributed by atoms with van der Waals surface area (Å²) in [5, 5.41) is 0. The smallest absolute Gasteiger partial charge is 0.416 e. The molecule has 0 bridgehead atoms. The molecule has 0 saturated carbocycles. The molecule has 176 valence electrons. The molecule has 0 radical (unpaired) electrons. The Bertz CT molecular complexity index is 1030. The normalized spacial score (nSPS) is 22.8. The SMILES string of the molecule is O=C(N1CC[C@@H](COc2ccc(C(F)(F)F)cc2)C1)C1(c2ccc(C(F)(F)F)cc2)C=CC1. The largest absolute Gasteiger partial charge is 0.493 e. The Hall–Kier alpha value is -2.97. The zero-order chi connectivity index (χ0) is 23.9. The predicted molar refractivity (Wildman–Crippen MR) is 109 cm³/mol. The number of alkyl halides is 6. The Labute approximate surface area is 186 Å². The highest BCUT2D eigenvalue weighted by atomic mass is 19.4. The quantitative estimate of drug-likeness (QED) is 0.406. The topological polar surface area (TPSA) is 29.5 Å². The standard InChI is InChI=1S/C24H21F6NO2/c25-23(26,27)18-4-2-17(3-5-18)22(11-1-12-22)21(32)31-13-10-16(14-31)15-33-20-8-6-19(7-9-20)24(28,29)30/h1-9,11,16H,10,12-15H2/t16-,22?/m1/s1. The van der Waals surface area contributed by atoms with E-state index >= 15 is 0 Å². The number of allylic oxidation sites excluding steroid dienone is 1. The van der Waals surface area contributed by atoms with Gasteiger partial charge in [0.15, 0.2) is 0 Å². The molecule has 4 rings (SSSR count). The van der Waals surface area contributed by atoms with E-state index in [9.17, 15) is 31.1 Å². The van der Waals surface area contributed by atoms with Crippen LogP contribution in [0.3, 0.4) is 0 Å². The van der Waals surface area contributed by atoms with Crippen LogP contribution in [0.1, 0.15) is 29.5 Å². The number of likely N-dealkylation sites (tertiary alicyclic amines) is 1. The first-order valence-corrected chi connectivity index (χ1v) is 10.4. The van der Waals surface area contributed by atoms with E-state index in [0.717, 1.165) is 24.3 Å². The van der Waals surface area contributed by atoms with Gasteiger partial charge in [-0.05, 0) is 54.8 Å².